The first-order valence-electron chi connectivity index (χ1n) is 6.39. The standard InChI is InChI=1S/C12H22ClN3O2/c1-4-16-7-5-6-10(16)8-15(3)12(18)14-11(17)9(2)13/h9-10H,4-8H2,1-3H3,(H,14,17,18). The number of nitrogens with zero attached hydrogens (tertiary/aromatic N) is 2. The minimum Gasteiger partial charge on any atom is -0.326 e. The third-order valence-electron chi connectivity index (χ3n) is 3.33. The predicted octanol–water partition coefficient (Wildman–Crippen LogP) is 1.27. The third-order valence-corrected chi connectivity index (χ3v) is 3.53. The summed E-state index contributed by atoms with van der Waals surface area (Å²) in [5.41, 5.74) is 0. The topological polar surface area (TPSA) is 52.6 Å². The number of halogens is 1. The number of rotatable bonds is 4. The number of carbonyl (C=O) groups excluding carboxylic acids is 2. The van der Waals surface area contributed by atoms with Crippen LogP contribution in [0.4, 0.5) is 4.79 Å². The summed E-state index contributed by atoms with van der Waals surface area (Å²) in [5, 5.41) is 1.59. The molecular weight excluding hydrogens is 254 g/mol. The lowest BCUT2D eigenvalue weighted by atomic mass is 10.2. The molecule has 18 heavy (non-hydrogen) atoms. The van der Waals surface area contributed by atoms with Crippen molar-refractivity contribution >= 4 is 23.5 Å². The van der Waals surface area contributed by atoms with E-state index in [-0.39, 0.29) is 6.03 Å². The number of alkyl halides is 1. The summed E-state index contributed by atoms with van der Waals surface area (Å²) < 4.78 is 0. The number of nitrogens with one attached hydrogen (secondary N) is 1. The molecule has 2 atom stereocenters. The van der Waals surface area contributed by atoms with Gasteiger partial charge >= 0.3 is 6.03 Å². The zero-order chi connectivity index (χ0) is 13.7. The van der Waals surface area contributed by atoms with E-state index in [0.717, 1.165) is 19.5 Å². The van der Waals surface area contributed by atoms with Crippen LogP contribution >= 0.6 is 11.6 Å². The van der Waals surface area contributed by atoms with E-state index in [0.29, 0.717) is 12.6 Å². The van der Waals surface area contributed by atoms with Gasteiger partial charge in [0.2, 0.25) is 5.91 Å². The van der Waals surface area contributed by atoms with Gasteiger partial charge in [-0.15, -0.1) is 11.6 Å². The molecule has 1 aliphatic rings. The minimum absolute atomic E-state index is 0.379. The van der Waals surface area contributed by atoms with Crippen molar-refractivity contribution < 1.29 is 9.59 Å². The molecule has 104 valence electrons. The van der Waals surface area contributed by atoms with E-state index in [9.17, 15) is 9.59 Å². The Balaban J connectivity index is 2.42. The fraction of sp³-hybridized carbons (Fsp3) is 0.833. The van der Waals surface area contributed by atoms with E-state index in [1.54, 1.807) is 18.9 Å². The molecule has 1 fully saturated rings. The van der Waals surface area contributed by atoms with Crippen molar-refractivity contribution in [2.24, 2.45) is 0 Å². The summed E-state index contributed by atoms with van der Waals surface area (Å²) in [4.78, 5) is 27.0. The number of hydrogen-bond acceptors (Lipinski definition) is 3. The highest BCUT2D eigenvalue weighted by Crippen LogP contribution is 2.17. The second kappa shape index (κ2) is 6.95. The van der Waals surface area contributed by atoms with Gasteiger partial charge in [-0.3, -0.25) is 15.0 Å². The number of hydrogen-bond donors (Lipinski definition) is 1. The average Bonchev–Trinajstić information content (AvgIpc) is 2.75. The number of likely N-dealkylation sites (tertiary alicyclic amines) is 1. The normalized spacial score (nSPS) is 21.7. The van der Waals surface area contributed by atoms with Crippen LogP contribution in [0.15, 0.2) is 0 Å². The van der Waals surface area contributed by atoms with Gasteiger partial charge in [-0.2, -0.15) is 0 Å². The van der Waals surface area contributed by atoms with E-state index in [1.165, 1.54) is 6.42 Å². The van der Waals surface area contributed by atoms with Gasteiger partial charge < -0.3 is 4.90 Å². The van der Waals surface area contributed by atoms with Crippen molar-refractivity contribution in [2.75, 3.05) is 26.7 Å². The highest BCUT2D eigenvalue weighted by Gasteiger charge is 2.26. The molecule has 0 aromatic rings. The van der Waals surface area contributed by atoms with Crippen molar-refractivity contribution in [3.05, 3.63) is 0 Å². The first-order chi connectivity index (χ1) is 8.45. The van der Waals surface area contributed by atoms with Crippen molar-refractivity contribution in [1.29, 1.82) is 0 Å². The molecule has 6 heteroatoms. The third kappa shape index (κ3) is 4.14. The number of carbonyl (C=O) groups is 2. The van der Waals surface area contributed by atoms with Crippen LogP contribution in [0, 0.1) is 0 Å². The fourth-order valence-electron chi connectivity index (χ4n) is 2.22. The zero-order valence-electron chi connectivity index (χ0n) is 11.3. The van der Waals surface area contributed by atoms with Crippen LogP contribution in [0.3, 0.4) is 0 Å². The molecule has 1 heterocycles. The lowest BCUT2D eigenvalue weighted by molar-refractivity contribution is -0.119. The molecule has 2 unspecified atom stereocenters. The van der Waals surface area contributed by atoms with Gasteiger partial charge in [0.15, 0.2) is 0 Å². The van der Waals surface area contributed by atoms with Crippen LogP contribution in [0.2, 0.25) is 0 Å². The van der Waals surface area contributed by atoms with E-state index in [2.05, 4.69) is 17.1 Å². The summed E-state index contributed by atoms with van der Waals surface area (Å²) in [5.74, 6) is -0.452. The van der Waals surface area contributed by atoms with Gasteiger partial charge in [0.25, 0.3) is 0 Å². The first kappa shape index (κ1) is 15.2. The molecule has 0 radical (unpaired) electrons. The smallest absolute Gasteiger partial charge is 0.323 e. The zero-order valence-corrected chi connectivity index (χ0v) is 12.0. The molecule has 0 aliphatic carbocycles. The van der Waals surface area contributed by atoms with Gasteiger partial charge in [-0.05, 0) is 32.9 Å². The molecule has 0 saturated carbocycles. The van der Waals surface area contributed by atoms with Gasteiger partial charge in [0.1, 0.15) is 5.38 Å². The predicted molar refractivity (Wildman–Crippen MR) is 71.8 cm³/mol. The summed E-state index contributed by atoms with van der Waals surface area (Å²) >= 11 is 5.60. The molecule has 1 N–H and O–H groups in total. The number of likely N-dealkylation sites (N-methyl/N-ethyl adjacent to an activating group) is 2. The van der Waals surface area contributed by atoms with Crippen LogP contribution in [0.25, 0.3) is 0 Å². The summed E-state index contributed by atoms with van der Waals surface area (Å²) in [6.45, 7) is 6.40. The maximum atomic E-state index is 11.8. The van der Waals surface area contributed by atoms with Crippen molar-refractivity contribution in [2.45, 2.75) is 38.1 Å². The first-order valence-corrected chi connectivity index (χ1v) is 6.83. The number of amides is 3. The molecule has 3 amide bonds. The fourth-order valence-corrected chi connectivity index (χ4v) is 2.27. The molecule has 1 rings (SSSR count). The van der Waals surface area contributed by atoms with E-state index in [1.807, 2.05) is 0 Å². The van der Waals surface area contributed by atoms with E-state index in [4.69, 9.17) is 11.6 Å². The van der Waals surface area contributed by atoms with E-state index >= 15 is 0 Å². The Labute approximate surface area is 113 Å². The van der Waals surface area contributed by atoms with E-state index < -0.39 is 11.3 Å². The quantitative estimate of drug-likeness (QED) is 0.786. The summed E-state index contributed by atoms with van der Waals surface area (Å²) in [6.07, 6.45) is 2.27. The van der Waals surface area contributed by atoms with Crippen LogP contribution in [-0.4, -0.2) is 59.8 Å². The largest absolute Gasteiger partial charge is 0.326 e. The summed E-state index contributed by atoms with van der Waals surface area (Å²) in [6, 6.07) is 0.0183. The Morgan fingerprint density at radius 2 is 2.22 bits per heavy atom. The Kier molecular flexibility index (Phi) is 5.88. The molecule has 0 aromatic carbocycles. The Hall–Kier alpha value is -0.810. The molecule has 5 nitrogen and oxygen atoms in total. The molecule has 1 saturated heterocycles. The number of imide groups is 1. The lowest BCUT2D eigenvalue weighted by Crippen LogP contribution is -2.47. The second-order valence-corrected chi connectivity index (χ2v) is 5.37. The highest BCUT2D eigenvalue weighted by molar-refractivity contribution is 6.31. The minimum atomic E-state index is -0.694. The Bertz CT molecular complexity index is 310. The maximum Gasteiger partial charge on any atom is 0.323 e. The van der Waals surface area contributed by atoms with Crippen LogP contribution in [0.5, 0.6) is 0 Å². The van der Waals surface area contributed by atoms with Crippen molar-refractivity contribution in [3.63, 3.8) is 0 Å². The SMILES string of the molecule is CCN1CCCC1CN(C)C(=O)NC(=O)C(C)Cl. The molecule has 0 aromatic heterocycles. The second-order valence-electron chi connectivity index (χ2n) is 4.72. The highest BCUT2D eigenvalue weighted by atomic mass is 35.5. The summed E-state index contributed by atoms with van der Waals surface area (Å²) in [7, 11) is 1.70. The van der Waals surface area contributed by atoms with Crippen LogP contribution < -0.4 is 5.32 Å². The Morgan fingerprint density at radius 3 is 2.78 bits per heavy atom. The molecule has 0 spiro atoms. The van der Waals surface area contributed by atoms with Gasteiger partial charge in [-0.25, -0.2) is 4.79 Å². The monoisotopic (exact) mass is 275 g/mol. The lowest BCUT2D eigenvalue weighted by Gasteiger charge is -2.27. The maximum absolute atomic E-state index is 11.8. The van der Waals surface area contributed by atoms with Crippen molar-refractivity contribution in [1.82, 2.24) is 15.1 Å². The molecular formula is C12H22ClN3O2. The average molecular weight is 276 g/mol. The van der Waals surface area contributed by atoms with Gasteiger partial charge in [-0.1, -0.05) is 6.92 Å². The van der Waals surface area contributed by atoms with Gasteiger partial charge in [0.05, 0.1) is 0 Å². The van der Waals surface area contributed by atoms with Crippen LogP contribution in [0.1, 0.15) is 26.7 Å². The molecule has 1 aliphatic heterocycles. The van der Waals surface area contributed by atoms with Crippen molar-refractivity contribution in [3.8, 4) is 0 Å². The Morgan fingerprint density at radius 1 is 1.56 bits per heavy atom. The van der Waals surface area contributed by atoms with Gasteiger partial charge in [0, 0.05) is 19.6 Å². The molecule has 0 bridgehead atoms. The van der Waals surface area contributed by atoms with Crippen LogP contribution in [-0.2, 0) is 4.79 Å². The number of urea groups is 1.